The Morgan fingerprint density at radius 3 is 2.42 bits per heavy atom. The van der Waals surface area contributed by atoms with Crippen LogP contribution in [-0.4, -0.2) is 55.1 Å². The van der Waals surface area contributed by atoms with E-state index in [2.05, 4.69) is 41.9 Å². The first-order valence-corrected chi connectivity index (χ1v) is 17.2. The van der Waals surface area contributed by atoms with Crippen molar-refractivity contribution >= 4 is 22.7 Å². The number of rotatable bonds is 18. The monoisotopic (exact) mass is 657 g/mol. The molecule has 1 fully saturated rings. The average molecular weight is 658 g/mol. The fraction of sp³-hybridized carbons (Fsp3) is 0.541. The van der Waals surface area contributed by atoms with E-state index >= 15 is 0 Å². The van der Waals surface area contributed by atoms with Crippen LogP contribution < -0.4 is 4.90 Å². The zero-order valence-electron chi connectivity index (χ0n) is 28.5. The fourth-order valence-corrected chi connectivity index (χ4v) is 6.52. The van der Waals surface area contributed by atoms with Crippen molar-refractivity contribution in [3.63, 3.8) is 0 Å². The zero-order valence-corrected chi connectivity index (χ0v) is 28.5. The lowest BCUT2D eigenvalue weighted by Gasteiger charge is -2.50. The first-order chi connectivity index (χ1) is 23.1. The number of anilines is 1. The van der Waals surface area contributed by atoms with Gasteiger partial charge in [0.2, 0.25) is 0 Å². The summed E-state index contributed by atoms with van der Waals surface area (Å²) in [6.45, 7) is 8.80. The minimum atomic E-state index is -1.18. The molecule has 1 N–H and O–H groups in total. The molecule has 0 bridgehead atoms. The number of hydrogen-bond donors (Lipinski definition) is 1. The van der Waals surface area contributed by atoms with Crippen molar-refractivity contribution in [1.29, 1.82) is 5.26 Å². The van der Waals surface area contributed by atoms with Crippen LogP contribution in [-0.2, 0) is 17.0 Å². The van der Waals surface area contributed by atoms with Gasteiger partial charge in [0, 0.05) is 43.0 Å². The van der Waals surface area contributed by atoms with E-state index in [9.17, 15) is 14.4 Å². The predicted octanol–water partition coefficient (Wildman–Crippen LogP) is 8.18. The van der Waals surface area contributed by atoms with Gasteiger partial charge in [-0.05, 0) is 42.5 Å². The Kier molecular flexibility index (Phi) is 11.5. The summed E-state index contributed by atoms with van der Waals surface area (Å²) in [6, 6.07) is 8.10. The number of nitrogens with zero attached hydrogens (tertiary/aromatic N) is 7. The third kappa shape index (κ3) is 8.58. The maximum atomic E-state index is 14.7. The van der Waals surface area contributed by atoms with Crippen LogP contribution in [0.4, 0.5) is 10.1 Å². The molecular weight excluding hydrogens is 609 g/mol. The summed E-state index contributed by atoms with van der Waals surface area (Å²) in [4.78, 5) is 22.1. The summed E-state index contributed by atoms with van der Waals surface area (Å²) >= 11 is 0. The van der Waals surface area contributed by atoms with Gasteiger partial charge < -0.3 is 19.3 Å². The quantitative estimate of drug-likeness (QED) is 0.106. The molecule has 1 aliphatic rings. The van der Waals surface area contributed by atoms with E-state index in [1.807, 2.05) is 23.0 Å². The Balaban J connectivity index is 1.10. The highest BCUT2D eigenvalue weighted by atomic mass is 19.1. The third-order valence-electron chi connectivity index (χ3n) is 9.26. The van der Waals surface area contributed by atoms with E-state index in [-0.39, 0.29) is 12.0 Å². The molecule has 0 spiro atoms. The summed E-state index contributed by atoms with van der Waals surface area (Å²) in [5.41, 5.74) is 2.30. The average Bonchev–Trinajstić information content (AvgIpc) is 3.69. The maximum Gasteiger partial charge on any atom is 0.335 e. The molecule has 0 aliphatic carbocycles. The van der Waals surface area contributed by atoms with Crippen LogP contribution in [0.5, 0.6) is 0 Å². The van der Waals surface area contributed by atoms with Crippen LogP contribution in [0.2, 0.25) is 0 Å². The Morgan fingerprint density at radius 1 is 1.04 bits per heavy atom. The largest absolute Gasteiger partial charge is 0.478 e. The molecular formula is C37H48FN7O3. The number of hydrogen-bond acceptors (Lipinski definition) is 7. The highest BCUT2D eigenvalue weighted by molar-refractivity contribution is 5.90. The Morgan fingerprint density at radius 2 is 1.75 bits per heavy atom. The molecule has 3 aromatic heterocycles. The molecule has 0 saturated carbocycles. The van der Waals surface area contributed by atoms with Gasteiger partial charge in [-0.25, -0.2) is 19.2 Å². The van der Waals surface area contributed by atoms with Gasteiger partial charge in [-0.2, -0.15) is 10.4 Å². The first kappa shape index (κ1) is 35.0. The number of fused-ring (bicyclic) bond motifs is 1. The second-order valence-corrected chi connectivity index (χ2v) is 14.3. The number of aromatic carboxylic acids is 1. The molecule has 4 aromatic rings. The number of benzene rings is 1. The smallest absolute Gasteiger partial charge is 0.335 e. The van der Waals surface area contributed by atoms with Crippen molar-refractivity contribution in [2.45, 2.75) is 104 Å². The van der Waals surface area contributed by atoms with Gasteiger partial charge >= 0.3 is 5.97 Å². The van der Waals surface area contributed by atoms with Gasteiger partial charge in [0.25, 0.3) is 0 Å². The highest BCUT2D eigenvalue weighted by Crippen LogP contribution is 2.38. The van der Waals surface area contributed by atoms with Gasteiger partial charge in [0.1, 0.15) is 30.1 Å². The minimum absolute atomic E-state index is 0.109. The lowest BCUT2D eigenvalue weighted by atomic mass is 9.86. The summed E-state index contributed by atoms with van der Waals surface area (Å²) in [6.07, 6.45) is 20.1. The van der Waals surface area contributed by atoms with Gasteiger partial charge in [-0.15, -0.1) is 0 Å². The molecule has 0 unspecified atom stereocenters. The minimum Gasteiger partial charge on any atom is -0.478 e. The number of ether oxygens (including phenoxy) is 1. The van der Waals surface area contributed by atoms with E-state index < -0.39 is 17.3 Å². The molecule has 256 valence electrons. The molecule has 0 radical (unpaired) electrons. The van der Waals surface area contributed by atoms with Gasteiger partial charge in [0.05, 0.1) is 35.6 Å². The normalized spacial score (nSPS) is 14.3. The number of nitriles is 1. The molecule has 0 atom stereocenters. The lowest BCUT2D eigenvalue weighted by Crippen LogP contribution is -2.63. The maximum absolute atomic E-state index is 14.7. The van der Waals surface area contributed by atoms with E-state index in [1.54, 1.807) is 15.8 Å². The highest BCUT2D eigenvalue weighted by Gasteiger charge is 2.46. The molecule has 1 aromatic carbocycles. The van der Waals surface area contributed by atoms with E-state index in [4.69, 9.17) is 9.84 Å². The predicted molar refractivity (Wildman–Crippen MR) is 184 cm³/mol. The second-order valence-electron chi connectivity index (χ2n) is 14.3. The second kappa shape index (κ2) is 15.7. The molecule has 4 heterocycles. The summed E-state index contributed by atoms with van der Waals surface area (Å²) in [5.74, 6) is -1.79. The van der Waals surface area contributed by atoms with Crippen molar-refractivity contribution in [1.82, 2.24) is 24.3 Å². The molecule has 0 amide bonds. The van der Waals surface area contributed by atoms with Gasteiger partial charge in [-0.3, -0.25) is 4.68 Å². The number of aromatic nitrogens is 5. The summed E-state index contributed by atoms with van der Waals surface area (Å²) in [7, 11) is 0. The van der Waals surface area contributed by atoms with Crippen LogP contribution in [0.1, 0.15) is 102 Å². The zero-order chi connectivity index (χ0) is 34.1. The standard InChI is InChI=1S/C37H48FN7O3/c1-36(2,3)16-11-9-7-5-4-6-8-10-12-20-48-27-43-19-15-30-33(40-26-41-34(30)43)29-22-42-45(23-29)37(17-18-39)24-44(25-37)32-14-13-28(35(46)47)21-31(32)38/h13-15,19,21-23,26H,4-12,16-17,20,24-25,27H2,1-3H3,(H,46,47). The van der Waals surface area contributed by atoms with Gasteiger partial charge in [0.15, 0.2) is 0 Å². The first-order valence-electron chi connectivity index (χ1n) is 17.2. The molecule has 10 nitrogen and oxygen atoms in total. The van der Waals surface area contributed by atoms with Gasteiger partial charge in [-0.1, -0.05) is 72.1 Å². The van der Waals surface area contributed by atoms with Crippen molar-refractivity contribution in [2.24, 2.45) is 5.41 Å². The van der Waals surface area contributed by atoms with Crippen LogP contribution in [0.25, 0.3) is 22.3 Å². The van der Waals surface area contributed by atoms with Crippen LogP contribution in [0.3, 0.4) is 0 Å². The SMILES string of the molecule is CC(C)(C)CCCCCCCCCCCOCn1ccc2c(-c3cnn(C4(CC#N)CN(c5ccc(C(=O)O)cc5F)C4)c3)ncnc21. The molecule has 48 heavy (non-hydrogen) atoms. The van der Waals surface area contributed by atoms with Crippen molar-refractivity contribution in [2.75, 3.05) is 24.6 Å². The van der Waals surface area contributed by atoms with Crippen LogP contribution >= 0.6 is 0 Å². The molecule has 1 saturated heterocycles. The Hall–Kier alpha value is -4.30. The number of halogens is 1. The number of unbranched alkanes of at least 4 members (excludes halogenated alkanes) is 8. The van der Waals surface area contributed by atoms with Crippen molar-refractivity contribution in [3.8, 4) is 17.3 Å². The Labute approximate surface area is 282 Å². The topological polar surface area (TPSA) is 122 Å². The van der Waals surface area contributed by atoms with Crippen molar-refractivity contribution < 1.29 is 19.0 Å². The van der Waals surface area contributed by atoms with E-state index in [1.165, 1.54) is 76.2 Å². The molecule has 11 heteroatoms. The third-order valence-corrected chi connectivity index (χ3v) is 9.26. The number of carbonyl (C=O) groups is 1. The number of carboxylic acids is 1. The van der Waals surface area contributed by atoms with Crippen molar-refractivity contribution in [3.05, 3.63) is 60.6 Å². The summed E-state index contributed by atoms with van der Waals surface area (Å²) < 4.78 is 24.5. The lowest BCUT2D eigenvalue weighted by molar-refractivity contribution is 0.0696. The van der Waals surface area contributed by atoms with E-state index in [0.717, 1.165) is 34.8 Å². The Bertz CT molecular complexity index is 1710. The van der Waals surface area contributed by atoms with E-state index in [0.29, 0.717) is 37.5 Å². The fourth-order valence-electron chi connectivity index (χ4n) is 6.52. The molecule has 5 rings (SSSR count). The molecule has 1 aliphatic heterocycles. The van der Waals surface area contributed by atoms with Crippen LogP contribution in [0, 0.1) is 22.6 Å². The van der Waals surface area contributed by atoms with Crippen LogP contribution in [0.15, 0.2) is 49.2 Å². The number of carboxylic acid groups (broad SMARTS) is 1. The summed E-state index contributed by atoms with van der Waals surface area (Å²) in [5, 5.41) is 24.3.